The monoisotopic (exact) mass is 367 g/mol. The van der Waals surface area contributed by atoms with Crippen molar-refractivity contribution in [3.63, 3.8) is 0 Å². The lowest BCUT2D eigenvalue weighted by Gasteiger charge is -2.26. The number of likely N-dealkylation sites (tertiary alicyclic amines) is 2. The Labute approximate surface area is 165 Å². The summed E-state index contributed by atoms with van der Waals surface area (Å²) in [6.07, 6.45) is 13.5. The van der Waals surface area contributed by atoms with E-state index in [-0.39, 0.29) is 0 Å². The Balaban J connectivity index is 1.40. The Bertz CT molecular complexity index is 721. The van der Waals surface area contributed by atoms with E-state index in [2.05, 4.69) is 45.7 Å². The number of aryl methyl sites for hydroxylation is 2. The van der Waals surface area contributed by atoms with Gasteiger partial charge in [0.25, 0.3) is 0 Å². The average Bonchev–Trinajstić information content (AvgIpc) is 3.03. The van der Waals surface area contributed by atoms with Crippen molar-refractivity contribution in [2.45, 2.75) is 71.4 Å². The zero-order valence-corrected chi connectivity index (χ0v) is 17.3. The molecule has 0 atom stereocenters. The largest absolute Gasteiger partial charge is 0.347 e. The van der Waals surface area contributed by atoms with Crippen LogP contribution in [-0.4, -0.2) is 47.1 Å². The lowest BCUT2D eigenvalue weighted by Crippen LogP contribution is -2.30. The first-order chi connectivity index (χ1) is 13.3. The van der Waals surface area contributed by atoms with Gasteiger partial charge in [0.05, 0.1) is 0 Å². The number of hydrogen-bond acceptors (Lipinski definition) is 2. The van der Waals surface area contributed by atoms with E-state index in [4.69, 9.17) is 0 Å². The van der Waals surface area contributed by atoms with Crippen LogP contribution in [0, 0.1) is 6.92 Å². The van der Waals surface area contributed by atoms with Gasteiger partial charge in [-0.3, -0.25) is 4.90 Å². The third-order valence-electron chi connectivity index (χ3n) is 6.53. The molecule has 2 aromatic rings. The Morgan fingerprint density at radius 3 is 2.19 bits per heavy atom. The first-order valence-corrected chi connectivity index (χ1v) is 11.3. The van der Waals surface area contributed by atoms with Crippen LogP contribution in [0.4, 0.5) is 0 Å². The number of benzene rings is 1. The van der Waals surface area contributed by atoms with Crippen molar-refractivity contribution >= 4 is 10.9 Å². The van der Waals surface area contributed by atoms with Crippen LogP contribution < -0.4 is 0 Å². The second kappa shape index (κ2) is 9.25. The standard InChI is InChI=1S/C24H37N3/c1-21-10-11-24-23(18-21)22(19-26-15-6-3-7-16-26)20-27(24)17-9-8-14-25-12-4-2-5-13-25/h10-11,18,20H,2-9,12-17,19H2,1H3. The van der Waals surface area contributed by atoms with Crippen LogP contribution >= 0.6 is 0 Å². The molecule has 1 aromatic carbocycles. The molecule has 0 N–H and O–H groups in total. The van der Waals surface area contributed by atoms with Gasteiger partial charge in [0.15, 0.2) is 0 Å². The predicted octanol–water partition coefficient (Wildman–Crippen LogP) is 5.20. The van der Waals surface area contributed by atoms with Crippen LogP contribution in [0.3, 0.4) is 0 Å². The van der Waals surface area contributed by atoms with Crippen molar-refractivity contribution in [2.24, 2.45) is 0 Å². The Kier molecular flexibility index (Phi) is 6.51. The highest BCUT2D eigenvalue weighted by Gasteiger charge is 2.15. The molecule has 2 fully saturated rings. The lowest BCUT2D eigenvalue weighted by molar-refractivity contribution is 0.221. The van der Waals surface area contributed by atoms with Crippen LogP contribution in [0.15, 0.2) is 24.4 Å². The van der Waals surface area contributed by atoms with Gasteiger partial charge in [0.2, 0.25) is 0 Å². The summed E-state index contributed by atoms with van der Waals surface area (Å²) < 4.78 is 2.53. The molecule has 3 heteroatoms. The maximum atomic E-state index is 2.67. The maximum absolute atomic E-state index is 2.67. The summed E-state index contributed by atoms with van der Waals surface area (Å²) in [4.78, 5) is 5.32. The molecule has 0 aliphatic carbocycles. The third-order valence-corrected chi connectivity index (χ3v) is 6.53. The summed E-state index contributed by atoms with van der Waals surface area (Å²) in [6, 6.07) is 7.02. The molecule has 0 amide bonds. The number of piperidine rings is 2. The van der Waals surface area contributed by atoms with E-state index in [1.54, 1.807) is 0 Å². The zero-order chi connectivity index (χ0) is 18.5. The normalized spacial score (nSPS) is 19.7. The minimum absolute atomic E-state index is 1.13. The Morgan fingerprint density at radius 2 is 1.44 bits per heavy atom. The molecule has 0 saturated carbocycles. The summed E-state index contributed by atoms with van der Waals surface area (Å²) in [5.74, 6) is 0. The summed E-state index contributed by atoms with van der Waals surface area (Å²) in [6.45, 7) is 11.0. The quantitative estimate of drug-likeness (QED) is 0.623. The summed E-state index contributed by atoms with van der Waals surface area (Å²) in [5.41, 5.74) is 4.35. The minimum atomic E-state index is 1.13. The lowest BCUT2D eigenvalue weighted by atomic mass is 10.1. The summed E-state index contributed by atoms with van der Waals surface area (Å²) in [5, 5.41) is 1.48. The van der Waals surface area contributed by atoms with Crippen molar-refractivity contribution in [3.8, 4) is 0 Å². The molecule has 148 valence electrons. The molecule has 3 nitrogen and oxygen atoms in total. The van der Waals surface area contributed by atoms with Crippen LogP contribution in [-0.2, 0) is 13.1 Å². The van der Waals surface area contributed by atoms with Crippen LogP contribution in [0.2, 0.25) is 0 Å². The average molecular weight is 368 g/mol. The molecule has 3 heterocycles. The molecular formula is C24H37N3. The van der Waals surface area contributed by atoms with Crippen molar-refractivity contribution in [1.29, 1.82) is 0 Å². The third kappa shape index (κ3) is 4.94. The van der Waals surface area contributed by atoms with Crippen LogP contribution in [0.5, 0.6) is 0 Å². The van der Waals surface area contributed by atoms with Crippen LogP contribution in [0.25, 0.3) is 10.9 Å². The molecule has 2 aliphatic rings. The van der Waals surface area contributed by atoms with Crippen molar-refractivity contribution < 1.29 is 0 Å². The molecule has 0 unspecified atom stereocenters. The van der Waals surface area contributed by atoms with Gasteiger partial charge in [-0.05, 0) is 95.9 Å². The first-order valence-electron chi connectivity index (χ1n) is 11.3. The highest BCUT2D eigenvalue weighted by molar-refractivity contribution is 5.84. The second-order valence-corrected chi connectivity index (χ2v) is 8.81. The van der Waals surface area contributed by atoms with Gasteiger partial charge in [0, 0.05) is 30.2 Å². The summed E-state index contributed by atoms with van der Waals surface area (Å²) in [7, 11) is 0. The van der Waals surface area contributed by atoms with Crippen molar-refractivity contribution in [2.75, 3.05) is 32.7 Å². The Hall–Kier alpha value is -1.32. The van der Waals surface area contributed by atoms with Crippen molar-refractivity contribution in [3.05, 3.63) is 35.5 Å². The molecule has 27 heavy (non-hydrogen) atoms. The number of hydrogen-bond donors (Lipinski definition) is 0. The number of aromatic nitrogens is 1. The topological polar surface area (TPSA) is 11.4 Å². The van der Waals surface area contributed by atoms with Gasteiger partial charge >= 0.3 is 0 Å². The van der Waals surface area contributed by atoms with E-state index in [1.807, 2.05) is 0 Å². The highest BCUT2D eigenvalue weighted by Crippen LogP contribution is 2.26. The second-order valence-electron chi connectivity index (χ2n) is 8.81. The number of nitrogens with zero attached hydrogens (tertiary/aromatic N) is 3. The van der Waals surface area contributed by atoms with E-state index < -0.39 is 0 Å². The number of unbranched alkanes of at least 4 members (excludes halogenated alkanes) is 1. The molecule has 2 aliphatic heterocycles. The van der Waals surface area contributed by atoms with Gasteiger partial charge < -0.3 is 9.47 Å². The van der Waals surface area contributed by atoms with E-state index in [1.165, 1.54) is 106 Å². The number of rotatable bonds is 7. The molecule has 4 rings (SSSR count). The first kappa shape index (κ1) is 19.0. The van der Waals surface area contributed by atoms with Gasteiger partial charge in [-0.2, -0.15) is 0 Å². The van der Waals surface area contributed by atoms with E-state index in [0.717, 1.165) is 13.1 Å². The summed E-state index contributed by atoms with van der Waals surface area (Å²) >= 11 is 0. The number of fused-ring (bicyclic) bond motifs is 1. The molecule has 0 spiro atoms. The molecule has 0 bridgehead atoms. The smallest absolute Gasteiger partial charge is 0.0483 e. The van der Waals surface area contributed by atoms with Gasteiger partial charge in [0.1, 0.15) is 0 Å². The van der Waals surface area contributed by atoms with Crippen molar-refractivity contribution in [1.82, 2.24) is 14.4 Å². The fourth-order valence-corrected chi connectivity index (χ4v) is 4.95. The highest BCUT2D eigenvalue weighted by atomic mass is 15.1. The molecule has 0 radical (unpaired) electrons. The maximum Gasteiger partial charge on any atom is 0.0483 e. The Morgan fingerprint density at radius 1 is 0.778 bits per heavy atom. The van der Waals surface area contributed by atoms with Gasteiger partial charge in [-0.1, -0.05) is 24.5 Å². The minimum Gasteiger partial charge on any atom is -0.347 e. The van der Waals surface area contributed by atoms with Gasteiger partial charge in [-0.15, -0.1) is 0 Å². The van der Waals surface area contributed by atoms with Crippen LogP contribution in [0.1, 0.15) is 62.5 Å². The molecule has 2 saturated heterocycles. The fourth-order valence-electron chi connectivity index (χ4n) is 4.95. The molecular weight excluding hydrogens is 330 g/mol. The molecule has 1 aromatic heterocycles. The van der Waals surface area contributed by atoms with E-state index >= 15 is 0 Å². The predicted molar refractivity (Wildman–Crippen MR) is 115 cm³/mol. The fraction of sp³-hybridized carbons (Fsp3) is 0.667. The van der Waals surface area contributed by atoms with Gasteiger partial charge in [-0.25, -0.2) is 0 Å². The van der Waals surface area contributed by atoms with E-state index in [0.29, 0.717) is 0 Å². The zero-order valence-electron chi connectivity index (χ0n) is 17.3. The van der Waals surface area contributed by atoms with E-state index in [9.17, 15) is 0 Å². The SMILES string of the molecule is Cc1ccc2c(c1)c(CN1CCCCC1)cn2CCCCN1CCCCC1.